The van der Waals surface area contributed by atoms with E-state index in [9.17, 15) is 9.18 Å². The molecule has 31 heavy (non-hydrogen) atoms. The van der Waals surface area contributed by atoms with Gasteiger partial charge in [0.2, 0.25) is 5.91 Å². The first-order valence-electron chi connectivity index (χ1n) is 10.1. The summed E-state index contributed by atoms with van der Waals surface area (Å²) in [6, 6.07) is 13.5. The lowest BCUT2D eigenvalue weighted by atomic mass is 10.1. The van der Waals surface area contributed by atoms with E-state index < -0.39 is 0 Å². The van der Waals surface area contributed by atoms with Crippen molar-refractivity contribution in [2.24, 2.45) is 0 Å². The lowest BCUT2D eigenvalue weighted by Crippen LogP contribution is -2.50. The van der Waals surface area contributed by atoms with Crippen LogP contribution in [0.15, 0.2) is 53.1 Å². The molecule has 0 bridgehead atoms. The molecule has 3 aromatic rings. The second-order valence-corrected chi connectivity index (χ2v) is 7.92. The zero-order valence-electron chi connectivity index (χ0n) is 17.2. The second-order valence-electron chi connectivity index (χ2n) is 7.48. The van der Waals surface area contributed by atoms with Crippen molar-refractivity contribution in [3.63, 3.8) is 0 Å². The molecule has 162 valence electrons. The van der Waals surface area contributed by atoms with E-state index in [2.05, 4.69) is 17.0 Å². The highest BCUT2D eigenvalue weighted by molar-refractivity contribution is 6.30. The smallest absolute Gasteiger partial charge is 0.248 e. The highest BCUT2D eigenvalue weighted by Crippen LogP contribution is 2.25. The summed E-state index contributed by atoms with van der Waals surface area (Å²) >= 11 is 6.13. The molecule has 1 fully saturated rings. The molecule has 1 aromatic heterocycles. The third-order valence-corrected chi connectivity index (χ3v) is 5.54. The van der Waals surface area contributed by atoms with E-state index in [0.29, 0.717) is 29.6 Å². The summed E-state index contributed by atoms with van der Waals surface area (Å²) < 4.78 is 23.9. The monoisotopic (exact) mass is 443 g/mol. The van der Waals surface area contributed by atoms with Gasteiger partial charge in [-0.15, -0.1) is 0 Å². The first kappa shape index (κ1) is 21.3. The van der Waals surface area contributed by atoms with Crippen LogP contribution in [0.25, 0.3) is 11.3 Å². The lowest BCUT2D eigenvalue weighted by Gasteiger charge is -2.36. The summed E-state index contributed by atoms with van der Waals surface area (Å²) in [5.74, 6) is 0.163. The van der Waals surface area contributed by atoms with E-state index in [1.54, 1.807) is 18.2 Å². The summed E-state index contributed by atoms with van der Waals surface area (Å²) in [4.78, 5) is 16.5. The van der Waals surface area contributed by atoms with E-state index in [1.165, 1.54) is 17.7 Å². The number of aryl methyl sites for hydroxylation is 1. The van der Waals surface area contributed by atoms with E-state index in [-0.39, 0.29) is 24.9 Å². The average molecular weight is 444 g/mol. The Morgan fingerprint density at radius 3 is 2.61 bits per heavy atom. The molecule has 2 aromatic carbocycles. The van der Waals surface area contributed by atoms with Gasteiger partial charge >= 0.3 is 0 Å². The van der Waals surface area contributed by atoms with Crippen molar-refractivity contribution in [2.75, 3.05) is 37.7 Å². The summed E-state index contributed by atoms with van der Waals surface area (Å²) in [5, 5.41) is 4.66. The molecule has 0 spiro atoms. The zero-order chi connectivity index (χ0) is 21.8. The third-order valence-electron chi connectivity index (χ3n) is 5.31. The quantitative estimate of drug-likeness (QED) is 0.568. The normalized spacial score (nSPS) is 14.2. The molecule has 1 amide bonds. The maximum Gasteiger partial charge on any atom is 0.248 e. The van der Waals surface area contributed by atoms with Crippen molar-refractivity contribution in [1.29, 1.82) is 0 Å². The predicted octanol–water partition coefficient (Wildman–Crippen LogP) is 4.31. The van der Waals surface area contributed by atoms with Crippen molar-refractivity contribution in [3.8, 4) is 11.3 Å². The highest BCUT2D eigenvalue weighted by atomic mass is 35.5. The Labute approximate surface area is 185 Å². The van der Waals surface area contributed by atoms with Crippen molar-refractivity contribution in [1.82, 2.24) is 10.1 Å². The Morgan fingerprint density at radius 2 is 1.87 bits per heavy atom. The van der Waals surface area contributed by atoms with Crippen LogP contribution in [0.1, 0.15) is 11.3 Å². The lowest BCUT2D eigenvalue weighted by molar-refractivity contribution is -0.136. The Balaban J connectivity index is 1.24. The maximum atomic E-state index is 13.0. The Kier molecular flexibility index (Phi) is 6.53. The number of carbonyl (C=O) groups is 1. The number of hydrogen-bond acceptors (Lipinski definition) is 5. The van der Waals surface area contributed by atoms with Crippen LogP contribution < -0.4 is 4.90 Å². The number of ether oxygens (including phenoxy) is 1. The molecule has 1 saturated heterocycles. The molecule has 1 aliphatic rings. The second kappa shape index (κ2) is 9.49. The minimum Gasteiger partial charge on any atom is -0.368 e. The van der Waals surface area contributed by atoms with Crippen molar-refractivity contribution in [2.45, 2.75) is 13.5 Å². The van der Waals surface area contributed by atoms with E-state index in [0.717, 1.165) is 24.3 Å². The number of amides is 1. The molecule has 0 atom stereocenters. The molecule has 0 aliphatic carbocycles. The van der Waals surface area contributed by atoms with Crippen LogP contribution >= 0.6 is 11.6 Å². The zero-order valence-corrected chi connectivity index (χ0v) is 17.9. The summed E-state index contributed by atoms with van der Waals surface area (Å²) in [6.45, 7) is 4.96. The number of aromatic nitrogens is 1. The van der Waals surface area contributed by atoms with Gasteiger partial charge in [0, 0.05) is 48.5 Å². The maximum absolute atomic E-state index is 13.0. The Bertz CT molecular complexity index is 1050. The number of nitrogens with zero attached hydrogens (tertiary/aromatic N) is 3. The standard InChI is InChI=1S/C23H23ClFN3O3/c1-16-2-5-18(24)12-21(16)27-8-10-28(11-9-27)23(29)15-30-14-20-13-22(31-26-20)17-3-6-19(25)7-4-17/h2-7,12-13H,8-11,14-15H2,1H3. The van der Waals surface area contributed by atoms with Gasteiger partial charge in [-0.25, -0.2) is 4.39 Å². The molecule has 1 aliphatic heterocycles. The fourth-order valence-electron chi connectivity index (χ4n) is 3.58. The first-order valence-corrected chi connectivity index (χ1v) is 10.5. The van der Waals surface area contributed by atoms with Gasteiger partial charge in [0.15, 0.2) is 5.76 Å². The van der Waals surface area contributed by atoms with Crippen molar-refractivity contribution in [3.05, 3.63) is 70.6 Å². The predicted molar refractivity (Wildman–Crippen MR) is 117 cm³/mol. The van der Waals surface area contributed by atoms with Crippen LogP contribution in [-0.4, -0.2) is 48.7 Å². The highest BCUT2D eigenvalue weighted by Gasteiger charge is 2.22. The average Bonchev–Trinajstić information content (AvgIpc) is 3.25. The number of benzene rings is 2. The van der Waals surface area contributed by atoms with E-state index in [4.69, 9.17) is 20.9 Å². The van der Waals surface area contributed by atoms with Crippen LogP contribution in [0.2, 0.25) is 5.02 Å². The molecule has 8 heteroatoms. The number of piperazine rings is 1. The summed E-state index contributed by atoms with van der Waals surface area (Å²) in [6.07, 6.45) is 0. The molecular formula is C23H23ClFN3O3. The van der Waals surface area contributed by atoms with Gasteiger partial charge in [-0.3, -0.25) is 4.79 Å². The number of carbonyl (C=O) groups excluding carboxylic acids is 1. The molecule has 4 rings (SSSR count). The van der Waals surface area contributed by atoms with Gasteiger partial charge in [-0.1, -0.05) is 22.8 Å². The fraction of sp³-hybridized carbons (Fsp3) is 0.304. The van der Waals surface area contributed by atoms with E-state index >= 15 is 0 Å². The van der Waals surface area contributed by atoms with Crippen LogP contribution in [0.3, 0.4) is 0 Å². The first-order chi connectivity index (χ1) is 15.0. The largest absolute Gasteiger partial charge is 0.368 e. The molecular weight excluding hydrogens is 421 g/mol. The summed E-state index contributed by atoms with van der Waals surface area (Å²) in [7, 11) is 0. The SMILES string of the molecule is Cc1ccc(Cl)cc1N1CCN(C(=O)COCc2cc(-c3ccc(F)cc3)on2)CC1. The number of hydrogen-bond donors (Lipinski definition) is 0. The summed E-state index contributed by atoms with van der Waals surface area (Å²) in [5.41, 5.74) is 3.58. The molecule has 0 unspecified atom stereocenters. The van der Waals surface area contributed by atoms with Crippen LogP contribution in [0.4, 0.5) is 10.1 Å². The minimum atomic E-state index is -0.311. The van der Waals surface area contributed by atoms with Gasteiger partial charge in [-0.2, -0.15) is 0 Å². The topological polar surface area (TPSA) is 58.8 Å². The molecule has 0 saturated carbocycles. The minimum absolute atomic E-state index is 0.0189. The van der Waals surface area contributed by atoms with Crippen molar-refractivity contribution >= 4 is 23.2 Å². The fourth-order valence-corrected chi connectivity index (χ4v) is 3.75. The van der Waals surface area contributed by atoms with Gasteiger partial charge in [-0.05, 0) is 48.9 Å². The van der Waals surface area contributed by atoms with E-state index in [1.807, 2.05) is 23.1 Å². The number of anilines is 1. The van der Waals surface area contributed by atoms with Crippen LogP contribution in [0, 0.1) is 12.7 Å². The van der Waals surface area contributed by atoms with Crippen LogP contribution in [-0.2, 0) is 16.1 Å². The van der Waals surface area contributed by atoms with Gasteiger partial charge < -0.3 is 19.1 Å². The van der Waals surface area contributed by atoms with Crippen LogP contribution in [0.5, 0.6) is 0 Å². The van der Waals surface area contributed by atoms with Gasteiger partial charge in [0.1, 0.15) is 18.1 Å². The molecule has 2 heterocycles. The third kappa shape index (κ3) is 5.24. The molecule has 0 N–H and O–H groups in total. The molecule has 0 radical (unpaired) electrons. The van der Waals surface area contributed by atoms with Gasteiger partial charge in [0.25, 0.3) is 0 Å². The number of halogens is 2. The Hall–Kier alpha value is -2.90. The van der Waals surface area contributed by atoms with Gasteiger partial charge in [0.05, 0.1) is 6.61 Å². The Morgan fingerprint density at radius 1 is 1.13 bits per heavy atom. The van der Waals surface area contributed by atoms with Crippen molar-refractivity contribution < 1.29 is 18.4 Å². The molecule has 6 nitrogen and oxygen atoms in total. The number of rotatable bonds is 6.